The summed E-state index contributed by atoms with van der Waals surface area (Å²) >= 11 is 0. The molecule has 0 saturated heterocycles. The number of aryl methyl sites for hydroxylation is 1. The first-order valence-corrected chi connectivity index (χ1v) is 8.48. The van der Waals surface area contributed by atoms with Crippen molar-refractivity contribution in [1.29, 1.82) is 0 Å². The molecular weight excluding hydrogens is 300 g/mol. The predicted molar refractivity (Wildman–Crippen MR) is 94.4 cm³/mol. The molecule has 1 unspecified atom stereocenters. The Labute approximate surface area is 140 Å². The number of nitrogens with zero attached hydrogens (tertiary/aromatic N) is 3. The maximum absolute atomic E-state index is 12.4. The molecule has 1 N–H and O–H groups in total. The van der Waals surface area contributed by atoms with Gasteiger partial charge in [-0.1, -0.05) is 37.3 Å². The fourth-order valence-electron chi connectivity index (χ4n) is 3.37. The van der Waals surface area contributed by atoms with Crippen LogP contribution < -0.4 is 5.56 Å². The smallest absolute Gasteiger partial charge is 0.262 e. The number of rotatable bonds is 4. The van der Waals surface area contributed by atoms with Gasteiger partial charge in [-0.25, -0.2) is 9.67 Å². The summed E-state index contributed by atoms with van der Waals surface area (Å²) in [6, 6.07) is 8.11. The van der Waals surface area contributed by atoms with Crippen molar-refractivity contribution in [2.45, 2.75) is 32.6 Å². The molecule has 3 aromatic rings. The minimum Gasteiger partial charge on any atom is -0.310 e. The van der Waals surface area contributed by atoms with Crippen molar-refractivity contribution in [1.82, 2.24) is 19.7 Å². The van der Waals surface area contributed by atoms with Gasteiger partial charge in [0.1, 0.15) is 11.2 Å². The van der Waals surface area contributed by atoms with Crippen LogP contribution in [0.2, 0.25) is 0 Å². The third-order valence-electron chi connectivity index (χ3n) is 4.66. The molecule has 4 rings (SSSR count). The maximum atomic E-state index is 12.4. The molecule has 0 aliphatic heterocycles. The van der Waals surface area contributed by atoms with Gasteiger partial charge in [0.05, 0.1) is 11.9 Å². The molecule has 5 nitrogen and oxygen atoms in total. The molecule has 24 heavy (non-hydrogen) atoms. The van der Waals surface area contributed by atoms with Crippen LogP contribution in [-0.4, -0.2) is 19.7 Å². The molecule has 2 aromatic heterocycles. The fraction of sp³-hybridized carbons (Fsp3) is 0.316. The fourth-order valence-corrected chi connectivity index (χ4v) is 3.37. The SMILES string of the molecule is CCc1ccccc1-n1ncc2c(=O)[nH]c(CC3C=CCC3)nc21. The molecule has 5 heteroatoms. The first-order valence-electron chi connectivity index (χ1n) is 8.48. The summed E-state index contributed by atoms with van der Waals surface area (Å²) in [6.45, 7) is 2.11. The van der Waals surface area contributed by atoms with Crippen LogP contribution >= 0.6 is 0 Å². The van der Waals surface area contributed by atoms with Crippen LogP contribution in [0.1, 0.15) is 31.2 Å². The molecule has 2 heterocycles. The van der Waals surface area contributed by atoms with Crippen LogP contribution in [-0.2, 0) is 12.8 Å². The summed E-state index contributed by atoms with van der Waals surface area (Å²) in [5, 5.41) is 4.96. The van der Waals surface area contributed by atoms with Gasteiger partial charge in [0, 0.05) is 6.42 Å². The highest BCUT2D eigenvalue weighted by Gasteiger charge is 2.16. The number of aromatic amines is 1. The molecule has 0 saturated carbocycles. The molecular formula is C19H20N4O. The largest absolute Gasteiger partial charge is 0.310 e. The monoisotopic (exact) mass is 320 g/mol. The van der Waals surface area contributed by atoms with E-state index >= 15 is 0 Å². The average molecular weight is 320 g/mol. The van der Waals surface area contributed by atoms with Crippen molar-refractivity contribution >= 4 is 11.0 Å². The van der Waals surface area contributed by atoms with E-state index in [0.717, 1.165) is 37.2 Å². The van der Waals surface area contributed by atoms with Crippen molar-refractivity contribution in [3.05, 3.63) is 64.4 Å². The highest BCUT2D eigenvalue weighted by atomic mass is 16.1. The molecule has 0 radical (unpaired) electrons. The van der Waals surface area contributed by atoms with Crippen LogP contribution in [0.25, 0.3) is 16.7 Å². The van der Waals surface area contributed by atoms with Crippen LogP contribution in [0.4, 0.5) is 0 Å². The number of aromatic nitrogens is 4. The summed E-state index contributed by atoms with van der Waals surface area (Å²) in [5.41, 5.74) is 2.69. The Hall–Kier alpha value is -2.69. The molecule has 122 valence electrons. The molecule has 0 fully saturated rings. The van der Waals surface area contributed by atoms with E-state index in [-0.39, 0.29) is 5.56 Å². The second kappa shape index (κ2) is 6.07. The van der Waals surface area contributed by atoms with E-state index in [9.17, 15) is 4.79 Å². The molecule has 1 atom stereocenters. The first kappa shape index (κ1) is 14.9. The van der Waals surface area contributed by atoms with Crippen LogP contribution in [0.15, 0.2) is 47.4 Å². The van der Waals surface area contributed by atoms with E-state index in [4.69, 9.17) is 4.98 Å². The lowest BCUT2D eigenvalue weighted by Gasteiger charge is -2.10. The Bertz CT molecular complexity index is 967. The first-order chi connectivity index (χ1) is 11.8. The number of nitrogens with one attached hydrogen (secondary N) is 1. The van der Waals surface area contributed by atoms with Crippen LogP contribution in [0.3, 0.4) is 0 Å². The number of hydrogen-bond donors (Lipinski definition) is 1. The second-order valence-electron chi connectivity index (χ2n) is 6.26. The molecule has 1 aliphatic rings. The Kier molecular flexibility index (Phi) is 3.76. The summed E-state index contributed by atoms with van der Waals surface area (Å²) in [7, 11) is 0. The summed E-state index contributed by atoms with van der Waals surface area (Å²) in [5.74, 6) is 1.20. The lowest BCUT2D eigenvalue weighted by atomic mass is 10.1. The summed E-state index contributed by atoms with van der Waals surface area (Å²) < 4.78 is 1.79. The normalized spacial score (nSPS) is 17.0. The topological polar surface area (TPSA) is 63.6 Å². The Morgan fingerprint density at radius 1 is 1.33 bits per heavy atom. The number of benzene rings is 1. The highest BCUT2D eigenvalue weighted by Crippen LogP contribution is 2.22. The zero-order valence-corrected chi connectivity index (χ0v) is 13.7. The Morgan fingerprint density at radius 2 is 2.21 bits per heavy atom. The second-order valence-corrected chi connectivity index (χ2v) is 6.26. The van der Waals surface area contributed by atoms with Gasteiger partial charge in [0.25, 0.3) is 5.56 Å². The van der Waals surface area contributed by atoms with Gasteiger partial charge < -0.3 is 4.98 Å². The highest BCUT2D eigenvalue weighted by molar-refractivity contribution is 5.75. The van der Waals surface area contributed by atoms with Gasteiger partial charge in [-0.05, 0) is 36.8 Å². The van der Waals surface area contributed by atoms with E-state index < -0.39 is 0 Å². The number of H-pyrrole nitrogens is 1. The number of fused-ring (bicyclic) bond motifs is 1. The van der Waals surface area contributed by atoms with Gasteiger partial charge >= 0.3 is 0 Å². The molecule has 0 bridgehead atoms. The van der Waals surface area contributed by atoms with E-state index in [0.29, 0.717) is 17.0 Å². The zero-order valence-electron chi connectivity index (χ0n) is 13.7. The zero-order chi connectivity index (χ0) is 16.5. The molecule has 0 amide bonds. The maximum Gasteiger partial charge on any atom is 0.262 e. The lowest BCUT2D eigenvalue weighted by Crippen LogP contribution is -2.14. The minimum atomic E-state index is -0.114. The van der Waals surface area contributed by atoms with Crippen molar-refractivity contribution in [2.24, 2.45) is 5.92 Å². The molecule has 1 aliphatic carbocycles. The van der Waals surface area contributed by atoms with Gasteiger partial charge in [-0.2, -0.15) is 5.10 Å². The molecule has 0 spiro atoms. The van der Waals surface area contributed by atoms with Crippen molar-refractivity contribution < 1.29 is 0 Å². The Balaban J connectivity index is 1.83. The van der Waals surface area contributed by atoms with Gasteiger partial charge in [0.15, 0.2) is 5.65 Å². The van der Waals surface area contributed by atoms with Crippen LogP contribution in [0, 0.1) is 5.92 Å². The standard InChI is InChI=1S/C19H20N4O/c1-2-14-9-5-6-10-16(14)23-18-15(12-20-23)19(24)22-17(21-18)11-13-7-3-4-8-13/h3,5-7,9-10,12-13H,2,4,8,11H2,1H3,(H,21,22,24). The van der Waals surface area contributed by atoms with Crippen molar-refractivity contribution in [3.63, 3.8) is 0 Å². The molecule has 1 aromatic carbocycles. The van der Waals surface area contributed by atoms with E-state index in [1.54, 1.807) is 10.9 Å². The van der Waals surface area contributed by atoms with E-state index in [2.05, 4.69) is 35.2 Å². The predicted octanol–water partition coefficient (Wildman–Crippen LogP) is 3.18. The van der Waals surface area contributed by atoms with Crippen molar-refractivity contribution in [2.75, 3.05) is 0 Å². The van der Waals surface area contributed by atoms with E-state index in [1.807, 2.05) is 18.2 Å². The number of hydrogen-bond acceptors (Lipinski definition) is 3. The Morgan fingerprint density at radius 3 is 3.00 bits per heavy atom. The number of para-hydroxylation sites is 1. The quantitative estimate of drug-likeness (QED) is 0.751. The van der Waals surface area contributed by atoms with Crippen molar-refractivity contribution in [3.8, 4) is 5.69 Å². The third-order valence-corrected chi connectivity index (χ3v) is 4.66. The van der Waals surface area contributed by atoms with E-state index in [1.165, 1.54) is 5.56 Å². The summed E-state index contributed by atoms with van der Waals surface area (Å²) in [4.78, 5) is 20.0. The average Bonchev–Trinajstić information content (AvgIpc) is 3.24. The van der Waals surface area contributed by atoms with Gasteiger partial charge in [0.2, 0.25) is 0 Å². The lowest BCUT2D eigenvalue weighted by molar-refractivity contribution is 0.608. The van der Waals surface area contributed by atoms with Gasteiger partial charge in [-0.15, -0.1) is 0 Å². The minimum absolute atomic E-state index is 0.114. The van der Waals surface area contributed by atoms with Gasteiger partial charge in [-0.3, -0.25) is 4.79 Å². The summed E-state index contributed by atoms with van der Waals surface area (Å²) in [6.07, 6.45) is 9.92. The number of allylic oxidation sites excluding steroid dienone is 2. The van der Waals surface area contributed by atoms with Crippen LogP contribution in [0.5, 0.6) is 0 Å². The third kappa shape index (κ3) is 2.56.